The molecule has 1 aromatic carbocycles. The number of hydrazone groups is 1. The molecule has 0 spiro atoms. The number of halogens is 2. The summed E-state index contributed by atoms with van der Waals surface area (Å²) >= 11 is 1.32. The Morgan fingerprint density at radius 1 is 1.32 bits per heavy atom. The summed E-state index contributed by atoms with van der Waals surface area (Å²) in [4.78, 5) is 30.9. The Hall–Kier alpha value is -3.08. The number of aryl methyl sites for hydroxylation is 2. The number of rotatable bonds is 11. The first-order chi connectivity index (χ1) is 18.1. The van der Waals surface area contributed by atoms with Gasteiger partial charge >= 0.3 is 0 Å². The first-order valence-electron chi connectivity index (χ1n) is 13.1. The number of aromatic nitrogens is 1. The number of carbonyl (C=O) groups is 2. The number of alkyl halides is 2. The Balaban J connectivity index is 1.22. The Morgan fingerprint density at radius 3 is 2.84 bits per heavy atom. The number of nitrogens with zero attached hydrogens (tertiary/aromatic N) is 3. The maximum atomic E-state index is 13.3. The SMILES string of the molecule is Cc1ncc(C(=O)NC2C3C(=O)N[C@@H](CCc4cccc(OCC(C)(F)F)c4)CC3=NN2CCC2CC2)s1. The number of thiazole rings is 1. The standard InChI is InChI=1S/C27H33F2N5O3S/c1-16-30-14-22(38-16)25(35)32-24-23-21(33-34(24)11-10-17-6-7-17)13-19(31-26(23)36)9-8-18-4-3-5-20(12-18)37-15-27(2,28)29/h3-5,12,14,17,19,23-24H,6-11,13,15H2,1-2H3,(H,31,36)(H,32,35)/t19-,23?,24?/m0/s1. The fourth-order valence-electron chi connectivity index (χ4n) is 4.96. The maximum absolute atomic E-state index is 13.3. The van der Waals surface area contributed by atoms with E-state index in [0.717, 1.165) is 29.6 Å². The second-order valence-electron chi connectivity index (χ2n) is 10.6. The van der Waals surface area contributed by atoms with Crippen molar-refractivity contribution in [2.45, 2.75) is 70.5 Å². The van der Waals surface area contributed by atoms with E-state index in [0.29, 0.717) is 42.4 Å². The third kappa shape index (κ3) is 6.67. The first kappa shape index (κ1) is 26.5. The van der Waals surface area contributed by atoms with Crippen molar-refractivity contribution in [3.63, 3.8) is 0 Å². The highest BCUT2D eigenvalue weighted by Gasteiger charge is 2.46. The van der Waals surface area contributed by atoms with Gasteiger partial charge in [0.25, 0.3) is 11.8 Å². The van der Waals surface area contributed by atoms with Gasteiger partial charge in [-0.2, -0.15) is 5.10 Å². The van der Waals surface area contributed by atoms with Crippen LogP contribution in [0.2, 0.25) is 0 Å². The van der Waals surface area contributed by atoms with Gasteiger partial charge in [-0.1, -0.05) is 25.0 Å². The fraction of sp³-hybridized carbons (Fsp3) is 0.556. The highest BCUT2D eigenvalue weighted by molar-refractivity contribution is 7.13. The lowest BCUT2D eigenvalue weighted by atomic mass is 9.87. The van der Waals surface area contributed by atoms with Crippen LogP contribution < -0.4 is 15.4 Å². The van der Waals surface area contributed by atoms with E-state index in [-0.39, 0.29) is 17.9 Å². The summed E-state index contributed by atoms with van der Waals surface area (Å²) < 4.78 is 31.5. The molecule has 3 heterocycles. The number of carbonyl (C=O) groups excluding carboxylic acids is 2. The highest BCUT2D eigenvalue weighted by Crippen LogP contribution is 2.35. The van der Waals surface area contributed by atoms with Crippen LogP contribution in [0.15, 0.2) is 35.6 Å². The summed E-state index contributed by atoms with van der Waals surface area (Å²) in [5, 5.41) is 13.7. The van der Waals surface area contributed by atoms with E-state index in [1.54, 1.807) is 24.4 Å². The monoisotopic (exact) mass is 545 g/mol. The minimum Gasteiger partial charge on any atom is -0.487 e. The molecule has 8 nitrogen and oxygen atoms in total. The molecule has 2 unspecified atom stereocenters. The lowest BCUT2D eigenvalue weighted by Gasteiger charge is -2.32. The Morgan fingerprint density at radius 2 is 2.13 bits per heavy atom. The Labute approximate surface area is 224 Å². The van der Waals surface area contributed by atoms with E-state index in [2.05, 4.69) is 15.6 Å². The van der Waals surface area contributed by atoms with Crippen LogP contribution in [0.5, 0.6) is 5.75 Å². The molecule has 2 aliphatic heterocycles. The van der Waals surface area contributed by atoms with Gasteiger partial charge in [-0.05, 0) is 49.8 Å². The maximum Gasteiger partial charge on any atom is 0.278 e. The molecule has 2 N–H and O–H groups in total. The molecule has 38 heavy (non-hydrogen) atoms. The summed E-state index contributed by atoms with van der Waals surface area (Å²) in [5.74, 6) is -2.71. The minimum absolute atomic E-state index is 0.106. The van der Waals surface area contributed by atoms with Crippen molar-refractivity contribution in [3.8, 4) is 5.75 Å². The number of piperidine rings is 1. The molecular weight excluding hydrogens is 512 g/mol. The third-order valence-electron chi connectivity index (χ3n) is 7.10. The lowest BCUT2D eigenvalue weighted by Crippen LogP contribution is -2.57. The number of fused-ring (bicyclic) bond motifs is 1. The quantitative estimate of drug-likeness (QED) is 0.442. The Kier molecular flexibility index (Phi) is 7.65. The van der Waals surface area contributed by atoms with Crippen LogP contribution in [0.4, 0.5) is 8.78 Å². The van der Waals surface area contributed by atoms with Crippen molar-refractivity contribution in [2.75, 3.05) is 13.2 Å². The zero-order valence-corrected chi connectivity index (χ0v) is 22.4. The van der Waals surface area contributed by atoms with Crippen molar-refractivity contribution in [1.29, 1.82) is 0 Å². The van der Waals surface area contributed by atoms with Gasteiger partial charge in [0.05, 0.1) is 16.9 Å². The normalized spacial score (nSPS) is 23.1. The van der Waals surface area contributed by atoms with E-state index in [1.165, 1.54) is 24.2 Å². The number of amides is 2. The van der Waals surface area contributed by atoms with Crippen LogP contribution in [-0.2, 0) is 11.2 Å². The van der Waals surface area contributed by atoms with E-state index >= 15 is 0 Å². The third-order valence-corrected chi connectivity index (χ3v) is 8.01. The Bertz CT molecular complexity index is 1210. The summed E-state index contributed by atoms with van der Waals surface area (Å²) in [6.45, 7) is 2.69. The van der Waals surface area contributed by atoms with Crippen LogP contribution >= 0.6 is 11.3 Å². The van der Waals surface area contributed by atoms with Gasteiger partial charge in [0.2, 0.25) is 5.91 Å². The minimum atomic E-state index is -2.90. The molecule has 1 aliphatic carbocycles. The average Bonchev–Trinajstić information content (AvgIpc) is 3.49. The van der Waals surface area contributed by atoms with E-state index in [9.17, 15) is 18.4 Å². The molecule has 0 bridgehead atoms. The topological polar surface area (TPSA) is 95.9 Å². The van der Waals surface area contributed by atoms with Gasteiger partial charge in [-0.3, -0.25) is 14.6 Å². The van der Waals surface area contributed by atoms with Crippen molar-refractivity contribution < 1.29 is 23.1 Å². The number of ether oxygens (including phenoxy) is 1. The van der Waals surface area contributed by atoms with Crippen LogP contribution in [-0.4, -0.2) is 58.8 Å². The fourth-order valence-corrected chi connectivity index (χ4v) is 5.64. The molecular formula is C27H33F2N5O3S. The lowest BCUT2D eigenvalue weighted by molar-refractivity contribution is -0.125. The molecule has 2 fully saturated rings. The molecule has 1 saturated heterocycles. The zero-order valence-electron chi connectivity index (χ0n) is 21.6. The molecule has 3 atom stereocenters. The number of benzene rings is 1. The van der Waals surface area contributed by atoms with E-state index in [1.807, 2.05) is 18.0 Å². The van der Waals surface area contributed by atoms with E-state index in [4.69, 9.17) is 9.84 Å². The van der Waals surface area contributed by atoms with Gasteiger partial charge in [0.1, 0.15) is 22.7 Å². The second kappa shape index (κ2) is 11.0. The smallest absolute Gasteiger partial charge is 0.278 e. The van der Waals surface area contributed by atoms with Crippen LogP contribution in [0.25, 0.3) is 0 Å². The van der Waals surface area contributed by atoms with Gasteiger partial charge < -0.3 is 15.4 Å². The van der Waals surface area contributed by atoms with Crippen LogP contribution in [0, 0.1) is 18.8 Å². The van der Waals surface area contributed by atoms with Gasteiger partial charge in [0, 0.05) is 25.9 Å². The molecule has 204 valence electrons. The molecule has 3 aliphatic rings. The summed E-state index contributed by atoms with van der Waals surface area (Å²) in [7, 11) is 0. The molecule has 11 heteroatoms. The molecule has 1 aromatic heterocycles. The molecule has 5 rings (SSSR count). The van der Waals surface area contributed by atoms with Crippen molar-refractivity contribution in [1.82, 2.24) is 20.6 Å². The molecule has 0 radical (unpaired) electrons. The molecule has 2 amide bonds. The average molecular weight is 546 g/mol. The number of nitrogens with one attached hydrogen (secondary N) is 2. The predicted molar refractivity (Wildman–Crippen MR) is 141 cm³/mol. The predicted octanol–water partition coefficient (Wildman–Crippen LogP) is 4.15. The molecule has 1 saturated carbocycles. The first-order valence-corrected chi connectivity index (χ1v) is 13.9. The number of hydrogen-bond acceptors (Lipinski definition) is 7. The summed E-state index contributed by atoms with van der Waals surface area (Å²) in [5.41, 5.74) is 1.74. The summed E-state index contributed by atoms with van der Waals surface area (Å²) in [6, 6.07) is 7.02. The molecule has 2 aromatic rings. The summed E-state index contributed by atoms with van der Waals surface area (Å²) in [6.07, 6.45) is 6.39. The van der Waals surface area contributed by atoms with E-state index < -0.39 is 24.6 Å². The van der Waals surface area contributed by atoms with Crippen LogP contribution in [0.1, 0.15) is 59.3 Å². The zero-order chi connectivity index (χ0) is 26.9. The van der Waals surface area contributed by atoms with Crippen molar-refractivity contribution in [3.05, 3.63) is 45.9 Å². The van der Waals surface area contributed by atoms with Gasteiger partial charge in [0.15, 0.2) is 6.61 Å². The van der Waals surface area contributed by atoms with Crippen LogP contribution in [0.3, 0.4) is 0 Å². The van der Waals surface area contributed by atoms with Crippen molar-refractivity contribution >= 4 is 28.9 Å². The van der Waals surface area contributed by atoms with Gasteiger partial charge in [-0.15, -0.1) is 11.3 Å². The largest absolute Gasteiger partial charge is 0.487 e. The second-order valence-corrected chi connectivity index (χ2v) is 11.8. The highest BCUT2D eigenvalue weighted by atomic mass is 32.1. The van der Waals surface area contributed by atoms with Gasteiger partial charge in [-0.25, -0.2) is 13.8 Å². The van der Waals surface area contributed by atoms with Crippen molar-refractivity contribution in [2.24, 2.45) is 16.9 Å². The number of hydrogen-bond donors (Lipinski definition) is 2.